The van der Waals surface area contributed by atoms with Gasteiger partial charge in [-0.15, -0.1) is 0 Å². The number of hydrogen-bond donors (Lipinski definition) is 1. The van der Waals surface area contributed by atoms with Gasteiger partial charge in [-0.05, 0) is 37.6 Å². The van der Waals surface area contributed by atoms with Crippen LogP contribution in [-0.2, 0) is 18.8 Å². The van der Waals surface area contributed by atoms with Gasteiger partial charge in [0, 0.05) is 24.7 Å². The highest BCUT2D eigenvalue weighted by atomic mass is 19.4. The molecule has 1 aliphatic carbocycles. The molecule has 0 spiro atoms. The molecule has 0 saturated heterocycles. The molecule has 3 aromatic heterocycles. The molecule has 1 atom stereocenters. The summed E-state index contributed by atoms with van der Waals surface area (Å²) in [6, 6.07) is 6.30. The average Bonchev–Trinajstić information content (AvgIpc) is 3.73. The van der Waals surface area contributed by atoms with E-state index in [4.69, 9.17) is 33.0 Å². The number of benzene rings is 1. The van der Waals surface area contributed by atoms with Crippen LogP contribution in [0.3, 0.4) is 0 Å². The normalized spacial score (nSPS) is 14.8. The number of alkyl halides is 3. The van der Waals surface area contributed by atoms with Crippen molar-refractivity contribution in [2.45, 2.75) is 63.5 Å². The maximum atomic E-state index is 13.2. The molecule has 9 nitrogen and oxygen atoms in total. The first-order chi connectivity index (χ1) is 20.7. The third-order valence-electron chi connectivity index (χ3n) is 6.69. The minimum atomic E-state index is -4.58. The number of aliphatic hydroxyl groups is 1. The molecule has 0 aliphatic heterocycles. The summed E-state index contributed by atoms with van der Waals surface area (Å²) in [4.78, 5) is 21.4. The zero-order chi connectivity index (χ0) is 32.4. The lowest BCUT2D eigenvalue weighted by Gasteiger charge is -2.27. The third-order valence-corrected chi connectivity index (χ3v) is 6.69. The highest BCUT2D eigenvalue weighted by molar-refractivity contribution is 6.58. The van der Waals surface area contributed by atoms with E-state index in [1.54, 1.807) is 31.2 Å². The molecular formula is C29H30B3F3N6O3. The number of rotatable bonds is 9. The molecule has 1 unspecified atom stereocenters. The highest BCUT2D eigenvalue weighted by Gasteiger charge is 2.37. The predicted molar refractivity (Wildman–Crippen MR) is 160 cm³/mol. The zero-order valence-corrected chi connectivity index (χ0v) is 25.1. The summed E-state index contributed by atoms with van der Waals surface area (Å²) < 4.78 is 52.1. The standard InChI is InChI=1S/C27H24B3F3N6O3.C2H6/c1-4-41-17-11-34-22(19-20(14-5-6-14)35-13-36-24(19)42-27(28,29)30)38-21(17)25(2,40)16-9-7-15(8-10-16)23-37-18(12-39(23)3)26(31,32)33;1-2/h7-14,40H,4-6H2,1-3H3;1-2H3. The van der Waals surface area contributed by atoms with Crippen LogP contribution >= 0.6 is 0 Å². The van der Waals surface area contributed by atoms with Gasteiger partial charge in [0.2, 0.25) is 5.88 Å². The van der Waals surface area contributed by atoms with E-state index in [1.165, 1.54) is 31.1 Å². The number of ether oxygens (including phenoxy) is 2. The van der Waals surface area contributed by atoms with E-state index in [0.717, 1.165) is 19.0 Å². The number of halogens is 3. The molecule has 3 heterocycles. The van der Waals surface area contributed by atoms with Crippen molar-refractivity contribution in [2.24, 2.45) is 7.05 Å². The number of hydrogen-bond acceptors (Lipinski definition) is 8. The van der Waals surface area contributed by atoms with Gasteiger partial charge < -0.3 is 19.1 Å². The summed E-state index contributed by atoms with van der Waals surface area (Å²) >= 11 is 0. The SMILES string of the molecule is CC.[B]C([B])([B])Oc1ncnc(C2CC2)c1-c1ncc(OCC)c(C(C)(O)c2ccc(-c3nc(C(F)(F)F)cn3C)cc2)n1. The lowest BCUT2D eigenvalue weighted by atomic mass is 9.52. The van der Waals surface area contributed by atoms with Crippen molar-refractivity contribution in [2.75, 3.05) is 6.61 Å². The van der Waals surface area contributed by atoms with E-state index in [0.29, 0.717) is 22.4 Å². The van der Waals surface area contributed by atoms with Gasteiger partial charge in [0.15, 0.2) is 17.3 Å². The Bertz CT molecular complexity index is 1600. The molecule has 1 aliphatic rings. The molecular weight excluding hydrogens is 570 g/mol. The maximum absolute atomic E-state index is 13.2. The van der Waals surface area contributed by atoms with Gasteiger partial charge in [-0.1, -0.05) is 38.1 Å². The summed E-state index contributed by atoms with van der Waals surface area (Å²) in [7, 11) is 18.6. The van der Waals surface area contributed by atoms with Crippen LogP contribution in [0.15, 0.2) is 43.0 Å². The molecule has 0 bridgehead atoms. The third kappa shape index (κ3) is 7.09. The molecule has 44 heavy (non-hydrogen) atoms. The van der Waals surface area contributed by atoms with Crippen molar-refractivity contribution in [1.82, 2.24) is 29.5 Å². The van der Waals surface area contributed by atoms with E-state index in [2.05, 4.69) is 24.9 Å². The van der Waals surface area contributed by atoms with Gasteiger partial charge in [0.25, 0.3) is 0 Å². The second kappa shape index (κ2) is 12.6. The first-order valence-electron chi connectivity index (χ1n) is 14.0. The molecule has 1 saturated carbocycles. The van der Waals surface area contributed by atoms with Crippen molar-refractivity contribution < 1.29 is 27.8 Å². The fourth-order valence-electron chi connectivity index (χ4n) is 4.56. The zero-order valence-electron chi connectivity index (χ0n) is 25.1. The van der Waals surface area contributed by atoms with Crippen LogP contribution in [0, 0.1) is 0 Å². The first kappa shape index (κ1) is 33.0. The molecule has 1 N–H and O–H groups in total. The van der Waals surface area contributed by atoms with Crippen molar-refractivity contribution in [3.05, 3.63) is 65.6 Å². The maximum Gasteiger partial charge on any atom is 0.434 e. The smallest absolute Gasteiger partial charge is 0.434 e. The summed E-state index contributed by atoms with van der Waals surface area (Å²) in [6.45, 7) is 7.55. The quantitative estimate of drug-likeness (QED) is 0.282. The van der Waals surface area contributed by atoms with Gasteiger partial charge in [-0.25, -0.2) is 24.9 Å². The molecule has 0 amide bonds. The Morgan fingerprint density at radius 1 is 1.02 bits per heavy atom. The Balaban J connectivity index is 0.00000216. The van der Waals surface area contributed by atoms with Crippen LogP contribution in [-0.4, -0.2) is 70.0 Å². The van der Waals surface area contributed by atoms with Crippen LogP contribution in [0.2, 0.25) is 0 Å². The van der Waals surface area contributed by atoms with Gasteiger partial charge in [0.05, 0.1) is 18.5 Å². The van der Waals surface area contributed by atoms with E-state index in [-0.39, 0.29) is 41.5 Å². The molecule has 15 heteroatoms. The van der Waals surface area contributed by atoms with Crippen molar-refractivity contribution in [3.8, 4) is 34.4 Å². The fourth-order valence-corrected chi connectivity index (χ4v) is 4.56. The van der Waals surface area contributed by atoms with Gasteiger partial charge in [-0.2, -0.15) is 13.2 Å². The largest absolute Gasteiger partial charge is 0.500 e. The number of aryl methyl sites for hydroxylation is 1. The van der Waals surface area contributed by atoms with Crippen LogP contribution in [0.5, 0.6) is 11.6 Å². The van der Waals surface area contributed by atoms with Gasteiger partial charge >= 0.3 is 6.18 Å². The van der Waals surface area contributed by atoms with Crippen LogP contribution < -0.4 is 9.47 Å². The fraction of sp³-hybridized carbons (Fsp3) is 0.414. The highest BCUT2D eigenvalue weighted by Crippen LogP contribution is 2.46. The van der Waals surface area contributed by atoms with Crippen molar-refractivity contribution in [1.29, 1.82) is 0 Å². The van der Waals surface area contributed by atoms with Gasteiger partial charge in [0.1, 0.15) is 52.5 Å². The topological polar surface area (TPSA) is 108 Å². The molecule has 6 radical (unpaired) electrons. The molecule has 1 aromatic carbocycles. The number of aromatic nitrogens is 6. The number of imidazole rings is 1. The van der Waals surface area contributed by atoms with Crippen LogP contribution in [0.1, 0.15) is 69.1 Å². The first-order valence-corrected chi connectivity index (χ1v) is 14.0. The van der Waals surface area contributed by atoms with E-state index in [1.807, 2.05) is 13.8 Å². The van der Waals surface area contributed by atoms with Crippen molar-refractivity contribution in [3.63, 3.8) is 0 Å². The Morgan fingerprint density at radius 3 is 2.23 bits per heavy atom. The average molecular weight is 600 g/mol. The second-order valence-electron chi connectivity index (χ2n) is 10.2. The Kier molecular flexibility index (Phi) is 9.48. The van der Waals surface area contributed by atoms with Crippen molar-refractivity contribution >= 4 is 23.5 Å². The summed E-state index contributed by atoms with van der Waals surface area (Å²) in [5, 5.41) is 9.80. The lowest BCUT2D eigenvalue weighted by molar-refractivity contribution is -0.140. The van der Waals surface area contributed by atoms with Crippen LogP contribution in [0.25, 0.3) is 22.8 Å². The number of nitrogens with zero attached hydrogens (tertiary/aromatic N) is 6. The van der Waals surface area contributed by atoms with Gasteiger partial charge in [-0.3, -0.25) is 0 Å². The monoisotopic (exact) mass is 600 g/mol. The Labute approximate surface area is 257 Å². The molecule has 5 rings (SSSR count). The summed E-state index contributed by atoms with van der Waals surface area (Å²) in [5.41, 5.74) is -0.860. The minimum Gasteiger partial charge on any atom is -0.500 e. The molecule has 1 fully saturated rings. The van der Waals surface area contributed by atoms with E-state index >= 15 is 0 Å². The summed E-state index contributed by atoms with van der Waals surface area (Å²) in [5.74, 6) is 0.551. The lowest BCUT2D eigenvalue weighted by Crippen LogP contribution is -2.38. The van der Waals surface area contributed by atoms with E-state index < -0.39 is 22.8 Å². The molecule has 4 aromatic rings. The van der Waals surface area contributed by atoms with Crippen LogP contribution in [0.4, 0.5) is 13.2 Å². The Hall–Kier alpha value is -3.87. The second-order valence-corrected chi connectivity index (χ2v) is 10.2. The Morgan fingerprint density at radius 2 is 1.68 bits per heavy atom. The predicted octanol–water partition coefficient (Wildman–Crippen LogP) is 4.41. The molecule has 224 valence electrons. The van der Waals surface area contributed by atoms with E-state index in [9.17, 15) is 18.3 Å². The summed E-state index contributed by atoms with van der Waals surface area (Å²) in [6.07, 6.45) is 0.846. The minimum absolute atomic E-state index is 0.0215.